The first-order valence-corrected chi connectivity index (χ1v) is 19.0. The SMILES string of the molecule is CC1(CCCCCN)C[Si](C)(C)[Si](C)(C)[Si](C)(C)O1. The maximum absolute atomic E-state index is 6.80. The van der Waals surface area contributed by atoms with Gasteiger partial charge >= 0.3 is 0 Å². The monoisotopic (exact) mass is 317 g/mol. The molecule has 0 aromatic rings. The molecule has 2 N–H and O–H groups in total. The van der Waals surface area contributed by atoms with E-state index in [-0.39, 0.29) is 5.60 Å². The second-order valence-corrected chi connectivity index (χ2v) is 35.6. The summed E-state index contributed by atoms with van der Waals surface area (Å²) in [5.74, 6) is 0. The van der Waals surface area contributed by atoms with Gasteiger partial charge in [0, 0.05) is 7.59 Å². The van der Waals surface area contributed by atoms with Crippen LogP contribution in [-0.4, -0.2) is 34.7 Å². The summed E-state index contributed by atoms with van der Waals surface area (Å²) in [5.41, 5.74) is 5.76. The largest absolute Gasteiger partial charge is 0.415 e. The Kier molecular flexibility index (Phi) is 5.33. The molecule has 0 aromatic carbocycles. The Hall–Kier alpha value is 0.571. The lowest BCUT2D eigenvalue weighted by molar-refractivity contribution is 0.0878. The van der Waals surface area contributed by atoms with E-state index < -0.39 is 22.5 Å². The van der Waals surface area contributed by atoms with Crippen LogP contribution in [0.2, 0.25) is 45.3 Å². The van der Waals surface area contributed by atoms with E-state index in [9.17, 15) is 0 Å². The van der Waals surface area contributed by atoms with Gasteiger partial charge in [0.05, 0.1) is 12.7 Å². The summed E-state index contributed by atoms with van der Waals surface area (Å²) in [5, 5.41) is 0. The summed E-state index contributed by atoms with van der Waals surface area (Å²) in [7, 11) is -3.74. The van der Waals surface area contributed by atoms with Crippen molar-refractivity contribution in [1.82, 2.24) is 0 Å². The number of hydrogen-bond donors (Lipinski definition) is 1. The molecule has 0 aliphatic carbocycles. The Morgan fingerprint density at radius 1 is 1.00 bits per heavy atom. The van der Waals surface area contributed by atoms with E-state index in [1.165, 1.54) is 25.3 Å². The van der Waals surface area contributed by atoms with Gasteiger partial charge < -0.3 is 10.2 Å². The maximum Gasteiger partial charge on any atom is 0.172 e. The zero-order chi connectivity index (χ0) is 14.9. The molecule has 1 aliphatic heterocycles. The fourth-order valence-electron chi connectivity index (χ4n) is 3.71. The van der Waals surface area contributed by atoms with E-state index in [2.05, 4.69) is 46.2 Å². The van der Waals surface area contributed by atoms with Crippen molar-refractivity contribution in [2.45, 2.75) is 83.5 Å². The number of rotatable bonds is 5. The highest BCUT2D eigenvalue weighted by molar-refractivity contribution is 7.67. The highest BCUT2D eigenvalue weighted by Crippen LogP contribution is 2.45. The van der Waals surface area contributed by atoms with Crippen molar-refractivity contribution in [1.29, 1.82) is 0 Å². The molecule has 2 nitrogen and oxygen atoms in total. The predicted molar refractivity (Wildman–Crippen MR) is 94.3 cm³/mol. The number of nitrogens with two attached hydrogens (primary N) is 1. The van der Waals surface area contributed by atoms with Crippen molar-refractivity contribution >= 4 is 22.5 Å². The van der Waals surface area contributed by atoms with Crippen LogP contribution in [0, 0.1) is 0 Å². The summed E-state index contributed by atoms with van der Waals surface area (Å²) >= 11 is 0. The van der Waals surface area contributed by atoms with Crippen LogP contribution in [0.1, 0.15) is 32.6 Å². The summed E-state index contributed by atoms with van der Waals surface area (Å²) < 4.78 is 6.80. The lowest BCUT2D eigenvalue weighted by atomic mass is 10.0. The molecule has 114 valence electrons. The smallest absolute Gasteiger partial charge is 0.172 e. The average molecular weight is 318 g/mol. The van der Waals surface area contributed by atoms with E-state index in [0.29, 0.717) is 0 Å². The molecule has 0 bridgehead atoms. The lowest BCUT2D eigenvalue weighted by Crippen LogP contribution is -2.78. The van der Waals surface area contributed by atoms with Gasteiger partial charge in [-0.05, 0) is 45.4 Å². The fraction of sp³-hybridized carbons (Fsp3) is 1.00. The van der Waals surface area contributed by atoms with Crippen LogP contribution < -0.4 is 5.73 Å². The number of hydrogen-bond acceptors (Lipinski definition) is 2. The van der Waals surface area contributed by atoms with Crippen LogP contribution in [-0.2, 0) is 4.43 Å². The summed E-state index contributed by atoms with van der Waals surface area (Å²) in [4.78, 5) is 0. The van der Waals surface area contributed by atoms with Gasteiger partial charge in [-0.25, -0.2) is 0 Å². The molecule has 0 aromatic heterocycles. The molecule has 1 rings (SSSR count). The molecule has 1 fully saturated rings. The Morgan fingerprint density at radius 3 is 2.05 bits per heavy atom. The first-order valence-electron chi connectivity index (χ1n) is 7.88. The minimum absolute atomic E-state index is 0.169. The molecular formula is C14H35NOSi3. The zero-order valence-corrected chi connectivity index (χ0v) is 17.2. The molecule has 0 saturated carbocycles. The molecule has 19 heavy (non-hydrogen) atoms. The van der Waals surface area contributed by atoms with Crippen LogP contribution in [0.15, 0.2) is 0 Å². The molecule has 5 heteroatoms. The van der Waals surface area contributed by atoms with E-state index in [1.807, 2.05) is 0 Å². The quantitative estimate of drug-likeness (QED) is 0.612. The van der Waals surface area contributed by atoms with Crippen LogP contribution in [0.3, 0.4) is 0 Å². The molecule has 1 atom stereocenters. The van der Waals surface area contributed by atoms with E-state index in [1.54, 1.807) is 0 Å². The third-order valence-electron chi connectivity index (χ3n) is 5.92. The molecule has 1 saturated heterocycles. The van der Waals surface area contributed by atoms with Gasteiger partial charge in [0.1, 0.15) is 0 Å². The Labute approximate surface area is 123 Å². The van der Waals surface area contributed by atoms with Crippen molar-refractivity contribution in [3.05, 3.63) is 0 Å². The third kappa shape index (κ3) is 3.61. The van der Waals surface area contributed by atoms with E-state index in [0.717, 1.165) is 13.0 Å². The Bertz CT molecular complexity index is 296. The molecular weight excluding hydrogens is 282 g/mol. The van der Waals surface area contributed by atoms with E-state index in [4.69, 9.17) is 10.2 Å². The standard InChI is InChI=1S/C14H35NOSi3/c1-14(11-9-8-10-12-15)13-17(2,3)19(6,7)18(4,5)16-14/h8-13,15H2,1-7H3. The van der Waals surface area contributed by atoms with Gasteiger partial charge in [-0.1, -0.05) is 39.0 Å². The molecule has 0 radical (unpaired) electrons. The zero-order valence-electron chi connectivity index (χ0n) is 14.2. The van der Waals surface area contributed by atoms with Crippen LogP contribution in [0.5, 0.6) is 0 Å². The Morgan fingerprint density at radius 2 is 1.58 bits per heavy atom. The second kappa shape index (κ2) is 5.75. The number of unbranched alkanes of at least 4 members (excludes halogenated alkanes) is 2. The topological polar surface area (TPSA) is 35.2 Å². The van der Waals surface area contributed by atoms with Gasteiger partial charge in [0.25, 0.3) is 0 Å². The van der Waals surface area contributed by atoms with Crippen LogP contribution in [0.25, 0.3) is 0 Å². The van der Waals surface area contributed by atoms with Crippen LogP contribution >= 0.6 is 0 Å². The molecule has 0 spiro atoms. The molecule has 0 amide bonds. The van der Waals surface area contributed by atoms with Gasteiger partial charge in [-0.15, -0.1) is 0 Å². The van der Waals surface area contributed by atoms with Crippen molar-refractivity contribution in [3.63, 3.8) is 0 Å². The second-order valence-electron chi connectivity index (χ2n) is 8.35. The lowest BCUT2D eigenvalue weighted by Gasteiger charge is -2.58. The highest BCUT2D eigenvalue weighted by atomic mass is 29.6. The van der Waals surface area contributed by atoms with Gasteiger partial charge in [-0.3, -0.25) is 0 Å². The molecule has 1 unspecified atom stereocenters. The summed E-state index contributed by atoms with van der Waals surface area (Å²) in [6.45, 7) is 18.7. The maximum atomic E-state index is 6.80. The first-order chi connectivity index (χ1) is 8.47. The minimum Gasteiger partial charge on any atom is -0.415 e. The van der Waals surface area contributed by atoms with Gasteiger partial charge in [0.15, 0.2) is 7.83 Å². The van der Waals surface area contributed by atoms with Gasteiger partial charge in [0.2, 0.25) is 0 Å². The predicted octanol–water partition coefficient (Wildman–Crippen LogP) is 4.07. The van der Waals surface area contributed by atoms with Crippen molar-refractivity contribution < 1.29 is 4.43 Å². The van der Waals surface area contributed by atoms with Crippen molar-refractivity contribution in [2.75, 3.05) is 6.54 Å². The normalized spacial score (nSPS) is 32.2. The third-order valence-corrected chi connectivity index (χ3v) is 46.5. The first kappa shape index (κ1) is 17.6. The van der Waals surface area contributed by atoms with Gasteiger partial charge in [-0.2, -0.15) is 0 Å². The Balaban J connectivity index is 2.78. The van der Waals surface area contributed by atoms with Crippen molar-refractivity contribution in [2.24, 2.45) is 5.73 Å². The average Bonchev–Trinajstić information content (AvgIpc) is 2.20. The molecule has 1 aliphatic rings. The highest BCUT2D eigenvalue weighted by Gasteiger charge is 2.61. The molecule has 1 heterocycles. The fourth-order valence-corrected chi connectivity index (χ4v) is 34.5. The summed E-state index contributed by atoms with van der Waals surface area (Å²) in [6.07, 6.45) is 4.95. The summed E-state index contributed by atoms with van der Waals surface area (Å²) in [6, 6.07) is 1.37. The van der Waals surface area contributed by atoms with Crippen LogP contribution in [0.4, 0.5) is 0 Å². The van der Waals surface area contributed by atoms with E-state index >= 15 is 0 Å². The van der Waals surface area contributed by atoms with Crippen molar-refractivity contribution in [3.8, 4) is 0 Å². The minimum atomic E-state index is -1.48.